The van der Waals surface area contributed by atoms with Gasteiger partial charge in [-0.25, -0.2) is 4.98 Å². The molecule has 0 bridgehead atoms. The molecule has 12 heteroatoms. The van der Waals surface area contributed by atoms with Gasteiger partial charge < -0.3 is 23.8 Å². The van der Waals surface area contributed by atoms with Gasteiger partial charge in [-0.2, -0.15) is 13.2 Å². The number of aryl methyl sites for hydroxylation is 1. The Kier molecular flexibility index (Phi) is 9.91. The van der Waals surface area contributed by atoms with Gasteiger partial charge in [0.1, 0.15) is 17.2 Å². The lowest BCUT2D eigenvalue weighted by Crippen LogP contribution is -2.48. The molecule has 0 saturated carbocycles. The van der Waals surface area contributed by atoms with E-state index in [1.165, 1.54) is 18.1 Å². The van der Waals surface area contributed by atoms with E-state index < -0.39 is 17.6 Å². The number of methoxy groups -OCH3 is 1. The van der Waals surface area contributed by atoms with Crippen molar-refractivity contribution in [3.8, 4) is 17.4 Å². The number of hydrogen-bond donors (Lipinski definition) is 0. The number of carbonyl (C=O) groups excluding carboxylic acids is 2. The van der Waals surface area contributed by atoms with E-state index in [-0.39, 0.29) is 17.4 Å². The zero-order valence-corrected chi connectivity index (χ0v) is 27.9. The Morgan fingerprint density at radius 3 is 2.36 bits per heavy atom. The molecule has 0 unspecified atom stereocenters. The van der Waals surface area contributed by atoms with Crippen LogP contribution in [0.3, 0.4) is 0 Å². The Morgan fingerprint density at radius 1 is 0.940 bits per heavy atom. The van der Waals surface area contributed by atoms with Crippen LogP contribution in [0.2, 0.25) is 0 Å². The number of benzene rings is 3. The molecule has 258 valence electrons. The number of nitrogens with zero attached hydrogens (tertiary/aromatic N) is 5. The van der Waals surface area contributed by atoms with Crippen LogP contribution < -0.4 is 14.4 Å². The topological polar surface area (TPSA) is 80.1 Å². The third kappa shape index (κ3) is 7.50. The van der Waals surface area contributed by atoms with Crippen LogP contribution in [-0.4, -0.2) is 78.0 Å². The quantitative estimate of drug-likeness (QED) is 0.164. The van der Waals surface area contributed by atoms with Gasteiger partial charge in [0.25, 0.3) is 11.8 Å². The molecule has 5 aromatic rings. The molecule has 1 aliphatic heterocycles. The van der Waals surface area contributed by atoms with Crippen LogP contribution >= 0.6 is 0 Å². The summed E-state index contributed by atoms with van der Waals surface area (Å²) in [7, 11) is 5.05. The third-order valence-electron chi connectivity index (χ3n) is 8.79. The van der Waals surface area contributed by atoms with Crippen molar-refractivity contribution in [3.63, 3.8) is 0 Å². The summed E-state index contributed by atoms with van der Waals surface area (Å²) < 4.78 is 52.0. The highest BCUT2D eigenvalue weighted by Gasteiger charge is 2.30. The zero-order valence-electron chi connectivity index (χ0n) is 27.9. The largest absolute Gasteiger partial charge is 0.496 e. The predicted molar refractivity (Wildman–Crippen MR) is 186 cm³/mol. The summed E-state index contributed by atoms with van der Waals surface area (Å²) in [5.41, 5.74) is 2.23. The molecule has 2 aromatic heterocycles. The van der Waals surface area contributed by atoms with Gasteiger partial charge in [-0.3, -0.25) is 14.5 Å². The number of pyridine rings is 1. The number of anilines is 1. The number of amides is 2. The summed E-state index contributed by atoms with van der Waals surface area (Å²) in [6, 6.07) is 22.6. The van der Waals surface area contributed by atoms with E-state index in [0.29, 0.717) is 30.2 Å². The summed E-state index contributed by atoms with van der Waals surface area (Å²) >= 11 is 0. The fraction of sp³-hybridized carbons (Fsp3) is 0.237. The number of hydrogen-bond acceptors (Lipinski definition) is 6. The van der Waals surface area contributed by atoms with Gasteiger partial charge in [-0.05, 0) is 60.7 Å². The van der Waals surface area contributed by atoms with Gasteiger partial charge in [0.15, 0.2) is 0 Å². The van der Waals surface area contributed by atoms with Gasteiger partial charge in [0.05, 0.1) is 24.6 Å². The number of ether oxygens (including phenoxy) is 2. The number of halogens is 3. The number of fused-ring (bicyclic) bond motifs is 1. The number of rotatable bonds is 9. The van der Waals surface area contributed by atoms with Gasteiger partial charge in [-0.15, -0.1) is 0 Å². The van der Waals surface area contributed by atoms with Crippen molar-refractivity contribution in [2.45, 2.75) is 6.18 Å². The smallest absolute Gasteiger partial charge is 0.416 e. The average Bonchev–Trinajstić information content (AvgIpc) is 3.46. The van der Waals surface area contributed by atoms with E-state index in [4.69, 9.17) is 9.47 Å². The molecule has 3 heterocycles. The fourth-order valence-electron chi connectivity index (χ4n) is 5.89. The van der Waals surface area contributed by atoms with E-state index in [1.54, 1.807) is 25.3 Å². The lowest BCUT2D eigenvalue weighted by atomic mass is 10.1. The van der Waals surface area contributed by atoms with Crippen LogP contribution in [0, 0.1) is 0 Å². The minimum atomic E-state index is -4.48. The lowest BCUT2D eigenvalue weighted by Gasteiger charge is -2.34. The summed E-state index contributed by atoms with van der Waals surface area (Å²) in [6.07, 6.45) is 1.15. The molecule has 1 saturated heterocycles. The number of piperazine rings is 1. The maximum atomic E-state index is 13.6. The highest BCUT2D eigenvalue weighted by molar-refractivity contribution is 6.05. The second-order valence-electron chi connectivity index (χ2n) is 11.9. The Morgan fingerprint density at radius 2 is 1.68 bits per heavy atom. The van der Waals surface area contributed by atoms with Crippen molar-refractivity contribution in [2.24, 2.45) is 7.05 Å². The summed E-state index contributed by atoms with van der Waals surface area (Å²) in [6.45, 7) is 3.59. The van der Waals surface area contributed by atoms with E-state index in [0.717, 1.165) is 66.1 Å². The van der Waals surface area contributed by atoms with E-state index in [2.05, 4.69) is 22.0 Å². The Hall–Kier alpha value is -5.62. The van der Waals surface area contributed by atoms with Crippen LogP contribution in [-0.2, 0) is 13.2 Å². The van der Waals surface area contributed by atoms with E-state index in [1.807, 2.05) is 59.0 Å². The molecule has 6 rings (SSSR count). The molecule has 0 aliphatic carbocycles. The molecule has 0 N–H and O–H groups in total. The predicted octanol–water partition coefficient (Wildman–Crippen LogP) is 7.14. The van der Waals surface area contributed by atoms with Crippen LogP contribution in [0.15, 0.2) is 97.2 Å². The maximum absolute atomic E-state index is 13.6. The SMILES string of the molecule is COc1ccccc1/C=C/CN1CCN(C(=O)c2cc3cc(Oc4ccc(N(C)C(=O)c5ccc(C(F)(F)F)cc5)cn4)ccc3n2C)CC1. The average molecular weight is 684 g/mol. The van der Waals surface area contributed by atoms with Crippen molar-refractivity contribution >= 4 is 34.5 Å². The first-order valence-corrected chi connectivity index (χ1v) is 16.0. The number of alkyl halides is 3. The second kappa shape index (κ2) is 14.5. The van der Waals surface area contributed by atoms with Crippen LogP contribution in [0.1, 0.15) is 32.0 Å². The van der Waals surface area contributed by atoms with Crippen molar-refractivity contribution in [3.05, 3.63) is 120 Å². The Bertz CT molecular complexity index is 2020. The van der Waals surface area contributed by atoms with Crippen molar-refractivity contribution in [2.75, 3.05) is 51.8 Å². The molecule has 2 amide bonds. The highest BCUT2D eigenvalue weighted by Crippen LogP contribution is 2.31. The maximum Gasteiger partial charge on any atom is 0.416 e. The minimum absolute atomic E-state index is 0.0254. The standard InChI is InChI=1S/C38H36F3N5O4/c1-43(36(47)27-10-12-29(13-11-27)38(39,40)41)30-14-17-35(42-25-30)50-31-15-16-32-28(23-31)24-33(44(32)2)37(48)46-21-19-45(20-22-46)18-6-8-26-7-4-5-9-34(26)49-3/h4-17,23-25H,18-22H2,1-3H3/b8-6+. The molecular formula is C38H36F3N5O4. The van der Waals surface area contributed by atoms with Gasteiger partial charge in [0, 0.05) is 74.9 Å². The van der Waals surface area contributed by atoms with E-state index in [9.17, 15) is 22.8 Å². The monoisotopic (exact) mass is 683 g/mol. The lowest BCUT2D eigenvalue weighted by molar-refractivity contribution is -0.137. The molecule has 0 radical (unpaired) electrons. The number of aromatic nitrogens is 2. The zero-order chi connectivity index (χ0) is 35.4. The normalized spacial score (nSPS) is 13.9. The molecule has 1 fully saturated rings. The van der Waals surface area contributed by atoms with Crippen molar-refractivity contribution in [1.29, 1.82) is 0 Å². The van der Waals surface area contributed by atoms with Crippen LogP contribution in [0.25, 0.3) is 17.0 Å². The molecule has 0 atom stereocenters. The van der Waals surface area contributed by atoms with Gasteiger partial charge in [0.2, 0.25) is 5.88 Å². The first kappa shape index (κ1) is 34.3. The number of para-hydroxylation sites is 1. The second-order valence-corrected chi connectivity index (χ2v) is 11.9. The summed E-state index contributed by atoms with van der Waals surface area (Å²) in [5.74, 6) is 1.13. The summed E-state index contributed by atoms with van der Waals surface area (Å²) in [5, 5.41) is 0.840. The fourth-order valence-corrected chi connectivity index (χ4v) is 5.89. The van der Waals surface area contributed by atoms with Crippen LogP contribution in [0.4, 0.5) is 18.9 Å². The minimum Gasteiger partial charge on any atom is -0.496 e. The first-order chi connectivity index (χ1) is 24.0. The van der Waals surface area contributed by atoms with Crippen LogP contribution in [0.5, 0.6) is 17.4 Å². The van der Waals surface area contributed by atoms with E-state index >= 15 is 0 Å². The molecule has 9 nitrogen and oxygen atoms in total. The van der Waals surface area contributed by atoms with Gasteiger partial charge in [-0.1, -0.05) is 30.4 Å². The molecule has 0 spiro atoms. The van der Waals surface area contributed by atoms with Crippen molar-refractivity contribution < 1.29 is 32.2 Å². The third-order valence-corrected chi connectivity index (χ3v) is 8.79. The number of carbonyl (C=O) groups is 2. The van der Waals surface area contributed by atoms with Crippen molar-refractivity contribution in [1.82, 2.24) is 19.4 Å². The Labute approximate surface area is 287 Å². The highest BCUT2D eigenvalue weighted by atomic mass is 19.4. The first-order valence-electron chi connectivity index (χ1n) is 16.0. The molecular weight excluding hydrogens is 647 g/mol. The molecule has 3 aromatic carbocycles. The van der Waals surface area contributed by atoms with Gasteiger partial charge >= 0.3 is 6.18 Å². The summed E-state index contributed by atoms with van der Waals surface area (Å²) in [4.78, 5) is 36.2. The molecule has 50 heavy (non-hydrogen) atoms. The Balaban J connectivity index is 1.05. The molecule has 1 aliphatic rings.